The Kier molecular flexibility index (Phi) is 9.94. The Morgan fingerprint density at radius 1 is 1.27 bits per heavy atom. The van der Waals surface area contributed by atoms with Crippen LogP contribution in [0.3, 0.4) is 0 Å². The minimum Gasteiger partial charge on any atom is -0.465 e. The predicted molar refractivity (Wildman–Crippen MR) is 144 cm³/mol. The molecule has 220 valence electrons. The van der Waals surface area contributed by atoms with Gasteiger partial charge in [0.1, 0.15) is 33.2 Å². The molecule has 40 heavy (non-hydrogen) atoms. The van der Waals surface area contributed by atoms with Gasteiger partial charge in [-0.1, -0.05) is 0 Å². The lowest BCUT2D eigenvalue weighted by Gasteiger charge is -2.28. The van der Waals surface area contributed by atoms with Crippen molar-refractivity contribution in [3.05, 3.63) is 16.3 Å². The fraction of sp³-hybridized carbons (Fsp3) is 0.640. The maximum Gasteiger partial charge on any atom is 0.408 e. The first-order valence-electron chi connectivity index (χ1n) is 12.8. The number of amides is 2. The Morgan fingerprint density at radius 2 is 1.98 bits per heavy atom. The highest BCUT2D eigenvalue weighted by molar-refractivity contribution is 7.89. The second-order valence-corrected chi connectivity index (χ2v) is 13.4. The summed E-state index contributed by atoms with van der Waals surface area (Å²) in [6.07, 6.45) is 0.484. The number of methoxy groups -OCH3 is 1. The Hall–Kier alpha value is -3.06. The zero-order valence-corrected chi connectivity index (χ0v) is 24.8. The van der Waals surface area contributed by atoms with Crippen LogP contribution in [0.2, 0.25) is 0 Å². The maximum absolute atomic E-state index is 13.5. The highest BCUT2D eigenvalue weighted by Gasteiger charge is 2.44. The molecule has 0 bridgehead atoms. The van der Waals surface area contributed by atoms with Gasteiger partial charge in [-0.3, -0.25) is 9.59 Å². The summed E-state index contributed by atoms with van der Waals surface area (Å²) in [7, 11) is -3.10. The Morgan fingerprint density at radius 3 is 2.58 bits per heavy atom. The van der Waals surface area contributed by atoms with Gasteiger partial charge in [-0.15, -0.1) is 11.3 Å². The predicted octanol–water partition coefficient (Wildman–Crippen LogP) is 1.25. The Balaban J connectivity index is 1.80. The van der Waals surface area contributed by atoms with E-state index in [0.717, 1.165) is 22.8 Å². The number of alkyl carbamates (subject to hydrolysis) is 1. The third kappa shape index (κ3) is 7.17. The number of thiophene rings is 1. The number of ether oxygens (including phenoxy) is 2. The van der Waals surface area contributed by atoms with Crippen molar-refractivity contribution in [2.45, 2.75) is 81.6 Å². The van der Waals surface area contributed by atoms with Crippen LogP contribution in [0.4, 0.5) is 4.79 Å². The summed E-state index contributed by atoms with van der Waals surface area (Å²) in [4.78, 5) is 51.6. The van der Waals surface area contributed by atoms with Gasteiger partial charge in [0.25, 0.3) is 0 Å². The smallest absolute Gasteiger partial charge is 0.408 e. The van der Waals surface area contributed by atoms with Gasteiger partial charge in [-0.25, -0.2) is 18.0 Å². The number of nitriles is 1. The molecule has 0 radical (unpaired) electrons. The number of Topliss-reactive ketones (excluding diaryl/α,β-unsaturated/α-hetero) is 1. The third-order valence-electron chi connectivity index (χ3n) is 6.60. The number of rotatable bonds is 9. The van der Waals surface area contributed by atoms with Crippen molar-refractivity contribution in [1.29, 1.82) is 5.26 Å². The average Bonchev–Trinajstić information content (AvgIpc) is 3.63. The van der Waals surface area contributed by atoms with E-state index in [1.54, 1.807) is 20.8 Å². The molecule has 0 spiro atoms. The van der Waals surface area contributed by atoms with Gasteiger partial charge in [0.2, 0.25) is 15.9 Å². The van der Waals surface area contributed by atoms with Crippen molar-refractivity contribution in [2.75, 3.05) is 26.7 Å². The fourth-order valence-corrected chi connectivity index (χ4v) is 7.76. The average molecular weight is 598 g/mol. The number of carbonyl (C=O) groups excluding carboxylic acids is 4. The number of sulfonamides is 1. The van der Waals surface area contributed by atoms with Gasteiger partial charge in [-0.2, -0.15) is 9.57 Å². The second kappa shape index (κ2) is 12.6. The molecule has 2 aliphatic rings. The molecule has 1 aromatic rings. The van der Waals surface area contributed by atoms with E-state index in [4.69, 9.17) is 9.47 Å². The lowest BCUT2D eigenvalue weighted by molar-refractivity contribution is -0.133. The quantitative estimate of drug-likeness (QED) is 0.394. The Bertz CT molecular complexity index is 1280. The van der Waals surface area contributed by atoms with Crippen LogP contribution >= 0.6 is 11.3 Å². The molecule has 2 aliphatic heterocycles. The summed E-state index contributed by atoms with van der Waals surface area (Å²) < 4.78 is 38.2. The molecule has 4 atom stereocenters. The molecule has 0 unspecified atom stereocenters. The molecule has 0 saturated carbocycles. The molecular weight excluding hydrogens is 562 g/mol. The second-order valence-electron chi connectivity index (χ2n) is 10.7. The molecule has 2 fully saturated rings. The number of esters is 1. The summed E-state index contributed by atoms with van der Waals surface area (Å²) in [5.74, 6) is -1.64. The van der Waals surface area contributed by atoms with E-state index < -0.39 is 57.8 Å². The number of hydrogen-bond donors (Lipinski definition) is 2. The molecule has 2 N–H and O–H groups in total. The number of likely N-dealkylation sites (tertiary alicyclic amines) is 1. The van der Waals surface area contributed by atoms with Crippen LogP contribution in [0.1, 0.15) is 56.6 Å². The molecule has 0 aliphatic carbocycles. The Labute approximate surface area is 237 Å². The largest absolute Gasteiger partial charge is 0.465 e. The number of nitrogens with one attached hydrogen (secondary N) is 2. The van der Waals surface area contributed by atoms with Gasteiger partial charge in [0, 0.05) is 25.7 Å². The summed E-state index contributed by atoms with van der Waals surface area (Å²) in [6.45, 7) is 6.50. The first kappa shape index (κ1) is 31.5. The topological polar surface area (TPSA) is 175 Å². The zero-order chi connectivity index (χ0) is 29.8. The summed E-state index contributed by atoms with van der Waals surface area (Å²) in [5.41, 5.74) is -0.812. The molecule has 3 rings (SSSR count). The lowest BCUT2D eigenvalue weighted by atomic mass is 10.1. The van der Waals surface area contributed by atoms with Crippen molar-refractivity contribution in [2.24, 2.45) is 0 Å². The van der Waals surface area contributed by atoms with Crippen LogP contribution in [0.15, 0.2) is 16.3 Å². The maximum atomic E-state index is 13.5. The zero-order valence-electron chi connectivity index (χ0n) is 23.1. The van der Waals surface area contributed by atoms with E-state index in [1.807, 2.05) is 0 Å². The molecule has 3 heterocycles. The van der Waals surface area contributed by atoms with E-state index in [-0.39, 0.29) is 35.1 Å². The standard InChI is InChI=1S/C25H35N5O8S2/c1-15(31)19-11-16(14-30(19)40(35,36)20-8-10-39-21(20)23(33)37-5)27-13-18(28-24(34)38-25(2,3)4)22(32)29-9-6-7-17(29)12-26/h8,10,16-19,27H,6-7,9,11,13-14H2,1-5H3,(H,28,34)/t16-,17-,18-,19-/m0/s1. The van der Waals surface area contributed by atoms with Crippen LogP contribution in [0.25, 0.3) is 0 Å². The normalized spacial score (nSPS) is 22.4. The minimum atomic E-state index is -4.25. The van der Waals surface area contributed by atoms with Gasteiger partial charge in [-0.05, 0) is 58.4 Å². The lowest BCUT2D eigenvalue weighted by Crippen LogP contribution is -2.56. The van der Waals surface area contributed by atoms with E-state index in [2.05, 4.69) is 16.7 Å². The van der Waals surface area contributed by atoms with Gasteiger partial charge in [0.05, 0.1) is 19.2 Å². The van der Waals surface area contributed by atoms with E-state index >= 15 is 0 Å². The highest BCUT2D eigenvalue weighted by atomic mass is 32.2. The van der Waals surface area contributed by atoms with E-state index in [1.165, 1.54) is 23.3 Å². The monoisotopic (exact) mass is 597 g/mol. The van der Waals surface area contributed by atoms with Gasteiger partial charge in [0.15, 0.2) is 0 Å². The summed E-state index contributed by atoms with van der Waals surface area (Å²) in [6, 6.07) is 0.140. The van der Waals surface area contributed by atoms with Gasteiger partial charge >= 0.3 is 12.1 Å². The van der Waals surface area contributed by atoms with Crippen LogP contribution in [-0.4, -0.2) is 97.9 Å². The molecule has 15 heteroatoms. The van der Waals surface area contributed by atoms with E-state index in [9.17, 15) is 32.9 Å². The van der Waals surface area contributed by atoms with Crippen LogP contribution < -0.4 is 10.6 Å². The third-order valence-corrected chi connectivity index (χ3v) is 9.54. The molecule has 13 nitrogen and oxygen atoms in total. The number of nitrogens with zero attached hydrogens (tertiary/aromatic N) is 3. The molecule has 2 amide bonds. The van der Waals surface area contributed by atoms with E-state index in [0.29, 0.717) is 19.4 Å². The van der Waals surface area contributed by atoms with Gasteiger partial charge < -0.3 is 25.0 Å². The first-order valence-corrected chi connectivity index (χ1v) is 15.1. The van der Waals surface area contributed by atoms with Crippen LogP contribution in [0, 0.1) is 11.3 Å². The molecular formula is C25H35N5O8S2. The van der Waals surface area contributed by atoms with Crippen molar-refractivity contribution in [1.82, 2.24) is 19.8 Å². The SMILES string of the molecule is COC(=O)c1sccc1S(=O)(=O)N1C[C@@H](NC[C@H](NC(=O)OC(C)(C)C)C(=O)N2CCC[C@H]2C#N)C[C@H]1C(C)=O. The van der Waals surface area contributed by atoms with Crippen molar-refractivity contribution < 1.29 is 37.1 Å². The van der Waals surface area contributed by atoms with Crippen molar-refractivity contribution >= 4 is 45.1 Å². The number of ketones is 1. The molecule has 0 aromatic carbocycles. The first-order chi connectivity index (χ1) is 18.7. The van der Waals surface area contributed by atoms with Crippen LogP contribution in [-0.2, 0) is 29.1 Å². The fourth-order valence-electron chi connectivity index (χ4n) is 4.76. The highest BCUT2D eigenvalue weighted by Crippen LogP contribution is 2.31. The number of carbonyl (C=O) groups is 4. The van der Waals surface area contributed by atoms with Crippen molar-refractivity contribution in [3.8, 4) is 6.07 Å². The van der Waals surface area contributed by atoms with Crippen LogP contribution in [0.5, 0.6) is 0 Å². The molecule has 1 aromatic heterocycles. The number of hydrogen-bond acceptors (Lipinski definition) is 11. The molecule has 2 saturated heterocycles. The summed E-state index contributed by atoms with van der Waals surface area (Å²) in [5, 5.41) is 16.6. The summed E-state index contributed by atoms with van der Waals surface area (Å²) >= 11 is 0.921. The van der Waals surface area contributed by atoms with Crippen molar-refractivity contribution in [3.63, 3.8) is 0 Å². The minimum absolute atomic E-state index is 0.0916.